The van der Waals surface area contributed by atoms with E-state index in [2.05, 4.69) is 20.6 Å². The molecule has 2 aromatic carbocycles. The van der Waals surface area contributed by atoms with Crippen LogP contribution < -0.4 is 4.74 Å². The monoisotopic (exact) mass is 278 g/mol. The van der Waals surface area contributed by atoms with E-state index < -0.39 is 0 Å². The first-order chi connectivity index (χ1) is 10.4. The fourth-order valence-corrected chi connectivity index (χ4v) is 1.86. The molecule has 0 bridgehead atoms. The molecule has 0 aliphatic heterocycles. The van der Waals surface area contributed by atoms with Crippen LogP contribution in [0.2, 0.25) is 0 Å². The van der Waals surface area contributed by atoms with Gasteiger partial charge in [-0.15, -0.1) is 5.10 Å². The summed E-state index contributed by atoms with van der Waals surface area (Å²) < 4.78 is 5.79. The van der Waals surface area contributed by atoms with Crippen molar-refractivity contribution >= 4 is 12.2 Å². The van der Waals surface area contributed by atoms with Crippen LogP contribution in [0.3, 0.4) is 0 Å². The Kier molecular flexibility index (Phi) is 4.02. The number of hydrogen-bond donors (Lipinski definition) is 1. The molecule has 1 heterocycles. The standard InChI is InChI=1S/C16H14N4O/c1-2-5-14(6-3-1)12-21-15-8-4-7-13(11-15)9-10-16-17-19-20-18-16/h1-11H,12H2,(H,17,18,19,20). The van der Waals surface area contributed by atoms with Crippen molar-refractivity contribution in [3.8, 4) is 5.75 Å². The third-order valence-electron chi connectivity index (χ3n) is 2.90. The van der Waals surface area contributed by atoms with Gasteiger partial charge >= 0.3 is 0 Å². The van der Waals surface area contributed by atoms with E-state index in [9.17, 15) is 0 Å². The first-order valence-electron chi connectivity index (χ1n) is 6.59. The summed E-state index contributed by atoms with van der Waals surface area (Å²) in [5, 5.41) is 13.5. The summed E-state index contributed by atoms with van der Waals surface area (Å²) in [5.74, 6) is 1.45. The number of tetrazole rings is 1. The van der Waals surface area contributed by atoms with Gasteiger partial charge in [0.2, 0.25) is 0 Å². The molecule has 0 aliphatic carbocycles. The highest BCUT2D eigenvalue weighted by Crippen LogP contribution is 2.16. The van der Waals surface area contributed by atoms with Gasteiger partial charge < -0.3 is 4.74 Å². The van der Waals surface area contributed by atoms with Crippen LogP contribution >= 0.6 is 0 Å². The van der Waals surface area contributed by atoms with Crippen molar-refractivity contribution in [2.24, 2.45) is 0 Å². The Morgan fingerprint density at radius 2 is 1.90 bits per heavy atom. The third-order valence-corrected chi connectivity index (χ3v) is 2.90. The van der Waals surface area contributed by atoms with E-state index in [4.69, 9.17) is 4.74 Å². The van der Waals surface area contributed by atoms with E-state index in [1.807, 2.05) is 66.7 Å². The number of nitrogens with one attached hydrogen (secondary N) is 1. The van der Waals surface area contributed by atoms with E-state index in [1.165, 1.54) is 0 Å². The number of aromatic nitrogens is 4. The van der Waals surface area contributed by atoms with Gasteiger partial charge in [0.15, 0.2) is 5.82 Å². The fourth-order valence-electron chi connectivity index (χ4n) is 1.86. The minimum absolute atomic E-state index is 0.556. The highest BCUT2D eigenvalue weighted by atomic mass is 16.5. The Morgan fingerprint density at radius 3 is 2.71 bits per heavy atom. The first-order valence-corrected chi connectivity index (χ1v) is 6.59. The minimum atomic E-state index is 0.556. The first kappa shape index (κ1) is 13.1. The fraction of sp³-hybridized carbons (Fsp3) is 0.0625. The maximum atomic E-state index is 5.79. The van der Waals surface area contributed by atoms with Gasteiger partial charge in [-0.2, -0.15) is 0 Å². The summed E-state index contributed by atoms with van der Waals surface area (Å²) in [7, 11) is 0. The normalized spacial score (nSPS) is 10.9. The molecule has 0 fully saturated rings. The summed E-state index contributed by atoms with van der Waals surface area (Å²) in [5.41, 5.74) is 2.17. The van der Waals surface area contributed by atoms with E-state index in [0.29, 0.717) is 12.4 Å². The average molecular weight is 278 g/mol. The molecule has 3 aromatic rings. The predicted octanol–water partition coefficient (Wildman–Crippen LogP) is 2.95. The smallest absolute Gasteiger partial charge is 0.172 e. The Bertz CT molecular complexity index is 708. The summed E-state index contributed by atoms with van der Waals surface area (Å²) >= 11 is 0. The van der Waals surface area contributed by atoms with Crippen LogP contribution in [-0.2, 0) is 6.61 Å². The number of rotatable bonds is 5. The van der Waals surface area contributed by atoms with Crippen LogP contribution in [0.1, 0.15) is 17.0 Å². The third kappa shape index (κ3) is 3.76. The molecule has 0 atom stereocenters. The number of nitrogens with zero attached hydrogens (tertiary/aromatic N) is 3. The molecule has 0 saturated carbocycles. The molecule has 3 rings (SSSR count). The zero-order valence-corrected chi connectivity index (χ0v) is 11.3. The molecule has 104 valence electrons. The zero-order chi connectivity index (χ0) is 14.3. The summed E-state index contributed by atoms with van der Waals surface area (Å²) in [6, 6.07) is 18.0. The van der Waals surface area contributed by atoms with Crippen LogP contribution in [0.15, 0.2) is 54.6 Å². The molecule has 0 radical (unpaired) electrons. The van der Waals surface area contributed by atoms with Crippen LogP contribution in [0.25, 0.3) is 12.2 Å². The molecular formula is C16H14N4O. The lowest BCUT2D eigenvalue weighted by Crippen LogP contribution is -1.94. The Hall–Kier alpha value is -2.95. The Morgan fingerprint density at radius 1 is 1.00 bits per heavy atom. The van der Waals surface area contributed by atoms with E-state index in [1.54, 1.807) is 0 Å². The highest BCUT2D eigenvalue weighted by molar-refractivity contribution is 5.66. The van der Waals surface area contributed by atoms with E-state index in [0.717, 1.165) is 16.9 Å². The quantitative estimate of drug-likeness (QED) is 0.779. The second-order valence-corrected chi connectivity index (χ2v) is 4.47. The molecule has 0 amide bonds. The largest absolute Gasteiger partial charge is 0.489 e. The number of H-pyrrole nitrogens is 1. The van der Waals surface area contributed by atoms with Crippen LogP contribution in [0, 0.1) is 0 Å². The van der Waals surface area contributed by atoms with Crippen LogP contribution in [0.4, 0.5) is 0 Å². The van der Waals surface area contributed by atoms with Gasteiger partial charge in [-0.1, -0.05) is 48.5 Å². The lowest BCUT2D eigenvalue weighted by atomic mass is 10.2. The summed E-state index contributed by atoms with van der Waals surface area (Å²) in [6.45, 7) is 0.556. The van der Waals surface area contributed by atoms with Gasteiger partial charge in [-0.3, -0.25) is 0 Å². The second kappa shape index (κ2) is 6.47. The van der Waals surface area contributed by atoms with Gasteiger partial charge in [0.05, 0.1) is 0 Å². The van der Waals surface area contributed by atoms with Crippen molar-refractivity contribution in [3.63, 3.8) is 0 Å². The van der Waals surface area contributed by atoms with Gasteiger partial charge in [-0.25, -0.2) is 5.10 Å². The maximum absolute atomic E-state index is 5.79. The lowest BCUT2D eigenvalue weighted by Gasteiger charge is -2.06. The summed E-state index contributed by atoms with van der Waals surface area (Å²) in [6.07, 6.45) is 3.74. The van der Waals surface area contributed by atoms with Gasteiger partial charge in [0.25, 0.3) is 0 Å². The second-order valence-electron chi connectivity index (χ2n) is 4.47. The number of ether oxygens (including phenoxy) is 1. The van der Waals surface area contributed by atoms with Gasteiger partial charge in [-0.05, 0) is 39.8 Å². The highest BCUT2D eigenvalue weighted by Gasteiger charge is 1.97. The van der Waals surface area contributed by atoms with Crippen molar-refractivity contribution in [1.82, 2.24) is 20.6 Å². The molecule has 0 aliphatic rings. The topological polar surface area (TPSA) is 63.7 Å². The molecule has 0 spiro atoms. The lowest BCUT2D eigenvalue weighted by molar-refractivity contribution is 0.306. The molecule has 5 nitrogen and oxygen atoms in total. The number of benzene rings is 2. The summed E-state index contributed by atoms with van der Waals surface area (Å²) in [4.78, 5) is 0. The molecule has 5 heteroatoms. The van der Waals surface area contributed by atoms with Crippen molar-refractivity contribution in [3.05, 3.63) is 71.5 Å². The van der Waals surface area contributed by atoms with Gasteiger partial charge in [0, 0.05) is 0 Å². The maximum Gasteiger partial charge on any atom is 0.172 e. The van der Waals surface area contributed by atoms with E-state index >= 15 is 0 Å². The van der Waals surface area contributed by atoms with Crippen molar-refractivity contribution in [2.45, 2.75) is 6.61 Å². The molecule has 0 unspecified atom stereocenters. The molecular weight excluding hydrogens is 264 g/mol. The molecule has 0 saturated heterocycles. The average Bonchev–Trinajstić information content (AvgIpc) is 3.06. The predicted molar refractivity (Wildman–Crippen MR) is 80.3 cm³/mol. The van der Waals surface area contributed by atoms with Crippen LogP contribution in [-0.4, -0.2) is 20.6 Å². The van der Waals surface area contributed by atoms with E-state index in [-0.39, 0.29) is 0 Å². The number of aromatic amines is 1. The van der Waals surface area contributed by atoms with Gasteiger partial charge in [0.1, 0.15) is 12.4 Å². The van der Waals surface area contributed by atoms with Crippen molar-refractivity contribution < 1.29 is 4.74 Å². The molecule has 1 N–H and O–H groups in total. The molecule has 21 heavy (non-hydrogen) atoms. The SMILES string of the molecule is C(=Cc1nnn[nH]1)c1cccc(OCc2ccccc2)c1. The van der Waals surface area contributed by atoms with Crippen LogP contribution in [0.5, 0.6) is 5.75 Å². The Labute approximate surface area is 122 Å². The number of hydrogen-bond acceptors (Lipinski definition) is 4. The minimum Gasteiger partial charge on any atom is -0.489 e. The Balaban J connectivity index is 1.66. The zero-order valence-electron chi connectivity index (χ0n) is 11.3. The van der Waals surface area contributed by atoms with Crippen molar-refractivity contribution in [1.29, 1.82) is 0 Å². The van der Waals surface area contributed by atoms with Crippen molar-refractivity contribution in [2.75, 3.05) is 0 Å². The molecule has 1 aromatic heterocycles.